The van der Waals surface area contributed by atoms with E-state index in [4.69, 9.17) is 9.84 Å². The lowest BCUT2D eigenvalue weighted by Crippen LogP contribution is -2.49. The molecule has 1 saturated heterocycles. The molecule has 0 radical (unpaired) electrons. The SMILES string of the molecule is O=C(O)CCN1CCC(CNC2CC2)(COc2ccc(F)cn2)CC1. The van der Waals surface area contributed by atoms with E-state index < -0.39 is 5.97 Å². The molecule has 2 aliphatic rings. The number of carboxylic acid groups (broad SMARTS) is 1. The Bertz CT molecular complexity index is 569. The van der Waals surface area contributed by atoms with Gasteiger partial charge in [0, 0.05) is 30.6 Å². The third-order valence-electron chi connectivity index (χ3n) is 5.13. The highest BCUT2D eigenvalue weighted by Gasteiger charge is 2.37. The van der Waals surface area contributed by atoms with E-state index in [1.807, 2.05) is 0 Å². The first kappa shape index (κ1) is 18.1. The number of aromatic nitrogens is 1. The van der Waals surface area contributed by atoms with Crippen molar-refractivity contribution in [1.82, 2.24) is 15.2 Å². The summed E-state index contributed by atoms with van der Waals surface area (Å²) >= 11 is 0. The Morgan fingerprint density at radius 2 is 2.16 bits per heavy atom. The predicted octanol–water partition coefficient (Wildman–Crippen LogP) is 1.91. The van der Waals surface area contributed by atoms with Crippen molar-refractivity contribution in [1.29, 1.82) is 0 Å². The zero-order valence-electron chi connectivity index (χ0n) is 14.4. The van der Waals surface area contributed by atoms with Crippen molar-refractivity contribution >= 4 is 5.97 Å². The number of aliphatic carboxylic acids is 1. The van der Waals surface area contributed by atoms with Gasteiger partial charge >= 0.3 is 5.97 Å². The van der Waals surface area contributed by atoms with E-state index in [0.717, 1.165) is 32.5 Å². The molecule has 0 bridgehead atoms. The summed E-state index contributed by atoms with van der Waals surface area (Å²) < 4.78 is 18.8. The van der Waals surface area contributed by atoms with Gasteiger partial charge in [0.2, 0.25) is 5.88 Å². The Kier molecular flexibility index (Phi) is 5.86. The second kappa shape index (κ2) is 8.10. The number of pyridine rings is 1. The van der Waals surface area contributed by atoms with Crippen LogP contribution in [0.2, 0.25) is 0 Å². The van der Waals surface area contributed by atoms with E-state index in [-0.39, 0.29) is 17.7 Å². The van der Waals surface area contributed by atoms with Crippen LogP contribution in [-0.4, -0.2) is 59.8 Å². The Labute approximate surface area is 147 Å². The van der Waals surface area contributed by atoms with Crippen molar-refractivity contribution in [3.8, 4) is 5.88 Å². The average molecular weight is 351 g/mol. The van der Waals surface area contributed by atoms with Crippen LogP contribution in [0.25, 0.3) is 0 Å². The third-order valence-corrected chi connectivity index (χ3v) is 5.13. The van der Waals surface area contributed by atoms with Gasteiger partial charge in [-0.25, -0.2) is 9.37 Å². The van der Waals surface area contributed by atoms with Gasteiger partial charge in [-0.2, -0.15) is 0 Å². The minimum Gasteiger partial charge on any atom is -0.481 e. The molecule has 6 nitrogen and oxygen atoms in total. The molecular formula is C18H26FN3O3. The van der Waals surface area contributed by atoms with Crippen molar-refractivity contribution in [2.75, 3.05) is 32.8 Å². The van der Waals surface area contributed by atoms with E-state index in [1.54, 1.807) is 6.07 Å². The molecule has 25 heavy (non-hydrogen) atoms. The first-order valence-corrected chi connectivity index (χ1v) is 8.97. The van der Waals surface area contributed by atoms with Crippen LogP contribution < -0.4 is 10.1 Å². The van der Waals surface area contributed by atoms with Crippen molar-refractivity contribution in [3.63, 3.8) is 0 Å². The van der Waals surface area contributed by atoms with Crippen LogP contribution in [0.3, 0.4) is 0 Å². The molecule has 0 spiro atoms. The van der Waals surface area contributed by atoms with E-state index in [0.29, 0.717) is 25.1 Å². The topological polar surface area (TPSA) is 74.7 Å². The number of rotatable bonds is 9. The Morgan fingerprint density at radius 3 is 2.76 bits per heavy atom. The highest BCUT2D eigenvalue weighted by Crippen LogP contribution is 2.33. The molecule has 0 atom stereocenters. The fourth-order valence-electron chi connectivity index (χ4n) is 3.20. The number of piperidine rings is 1. The number of hydrogen-bond acceptors (Lipinski definition) is 5. The Balaban J connectivity index is 1.54. The summed E-state index contributed by atoms with van der Waals surface area (Å²) in [6.45, 7) is 3.78. The number of hydrogen-bond donors (Lipinski definition) is 2. The van der Waals surface area contributed by atoms with Gasteiger partial charge in [-0.15, -0.1) is 0 Å². The summed E-state index contributed by atoms with van der Waals surface area (Å²) in [5, 5.41) is 12.4. The second-order valence-electron chi connectivity index (χ2n) is 7.24. The molecule has 1 aliphatic heterocycles. The van der Waals surface area contributed by atoms with Crippen LogP contribution in [0, 0.1) is 11.2 Å². The largest absolute Gasteiger partial charge is 0.481 e. The fourth-order valence-corrected chi connectivity index (χ4v) is 3.20. The molecule has 0 amide bonds. The minimum atomic E-state index is -0.752. The number of carboxylic acids is 1. The molecule has 2 N–H and O–H groups in total. The zero-order chi connectivity index (χ0) is 17.7. The number of nitrogens with one attached hydrogen (secondary N) is 1. The first-order valence-electron chi connectivity index (χ1n) is 8.97. The lowest BCUT2D eigenvalue weighted by molar-refractivity contribution is -0.137. The standard InChI is InChI=1S/C18H26FN3O3/c19-14-1-4-16(20-11-14)25-13-18(12-21-15-2-3-15)6-9-22(10-7-18)8-5-17(23)24/h1,4,11,15,21H,2-3,5-10,12-13H2,(H,23,24). The number of ether oxygens (including phenoxy) is 1. The van der Waals surface area contributed by atoms with Gasteiger partial charge in [0.15, 0.2) is 0 Å². The summed E-state index contributed by atoms with van der Waals surface area (Å²) in [4.78, 5) is 16.9. The quantitative estimate of drug-likeness (QED) is 0.708. The van der Waals surface area contributed by atoms with Crippen molar-refractivity contribution in [3.05, 3.63) is 24.1 Å². The van der Waals surface area contributed by atoms with Crippen LogP contribution in [-0.2, 0) is 4.79 Å². The van der Waals surface area contributed by atoms with Crippen LogP contribution in [0.15, 0.2) is 18.3 Å². The van der Waals surface area contributed by atoms with Crippen molar-refractivity contribution in [2.24, 2.45) is 5.41 Å². The first-order chi connectivity index (χ1) is 12.0. The number of carbonyl (C=O) groups is 1. The maximum absolute atomic E-state index is 13.0. The van der Waals surface area contributed by atoms with Gasteiger partial charge in [-0.05, 0) is 44.8 Å². The molecule has 0 unspecified atom stereocenters. The monoisotopic (exact) mass is 351 g/mol. The van der Waals surface area contributed by atoms with E-state index in [9.17, 15) is 9.18 Å². The molecule has 7 heteroatoms. The third kappa shape index (κ3) is 5.64. The molecule has 2 fully saturated rings. The molecule has 2 heterocycles. The second-order valence-corrected chi connectivity index (χ2v) is 7.24. The molecule has 1 aromatic heterocycles. The molecule has 3 rings (SSSR count). The zero-order valence-corrected chi connectivity index (χ0v) is 14.4. The van der Waals surface area contributed by atoms with Crippen LogP contribution in [0.4, 0.5) is 4.39 Å². The highest BCUT2D eigenvalue weighted by molar-refractivity contribution is 5.66. The molecule has 1 aromatic rings. The molecule has 1 saturated carbocycles. The van der Waals surface area contributed by atoms with Gasteiger partial charge in [0.1, 0.15) is 5.82 Å². The number of halogens is 1. The van der Waals surface area contributed by atoms with Gasteiger partial charge < -0.3 is 20.1 Å². The van der Waals surface area contributed by atoms with Crippen LogP contribution in [0.1, 0.15) is 32.1 Å². The summed E-state index contributed by atoms with van der Waals surface area (Å²) in [6, 6.07) is 3.54. The van der Waals surface area contributed by atoms with Crippen molar-refractivity contribution < 1.29 is 19.0 Å². The van der Waals surface area contributed by atoms with E-state index in [1.165, 1.54) is 25.1 Å². The van der Waals surface area contributed by atoms with E-state index in [2.05, 4.69) is 15.2 Å². The maximum Gasteiger partial charge on any atom is 0.304 e. The predicted molar refractivity (Wildman–Crippen MR) is 91.1 cm³/mol. The summed E-state index contributed by atoms with van der Waals surface area (Å²) in [5.41, 5.74) is 0.0123. The molecular weight excluding hydrogens is 325 g/mol. The maximum atomic E-state index is 13.0. The lowest BCUT2D eigenvalue weighted by Gasteiger charge is -2.41. The summed E-state index contributed by atoms with van der Waals surface area (Å²) in [5.74, 6) is -0.678. The van der Waals surface area contributed by atoms with Gasteiger partial charge in [-0.3, -0.25) is 4.79 Å². The fraction of sp³-hybridized carbons (Fsp3) is 0.667. The number of likely N-dealkylation sites (tertiary alicyclic amines) is 1. The Hall–Kier alpha value is -1.73. The minimum absolute atomic E-state index is 0.0123. The number of nitrogens with zero attached hydrogens (tertiary/aromatic N) is 2. The van der Waals surface area contributed by atoms with Gasteiger partial charge in [0.25, 0.3) is 0 Å². The van der Waals surface area contributed by atoms with E-state index >= 15 is 0 Å². The molecule has 138 valence electrons. The lowest BCUT2D eigenvalue weighted by atomic mass is 9.78. The van der Waals surface area contributed by atoms with Crippen LogP contribution in [0.5, 0.6) is 5.88 Å². The summed E-state index contributed by atoms with van der Waals surface area (Å²) in [6.07, 6.45) is 5.73. The smallest absolute Gasteiger partial charge is 0.304 e. The average Bonchev–Trinajstić information content (AvgIpc) is 3.43. The van der Waals surface area contributed by atoms with Gasteiger partial charge in [0.05, 0.1) is 19.2 Å². The summed E-state index contributed by atoms with van der Waals surface area (Å²) in [7, 11) is 0. The Morgan fingerprint density at radius 1 is 1.40 bits per heavy atom. The molecule has 0 aromatic carbocycles. The normalized spacial score (nSPS) is 20.4. The van der Waals surface area contributed by atoms with Crippen molar-refractivity contribution in [2.45, 2.75) is 38.1 Å². The van der Waals surface area contributed by atoms with Crippen LogP contribution >= 0.6 is 0 Å². The van der Waals surface area contributed by atoms with Gasteiger partial charge in [-0.1, -0.05) is 0 Å². The highest BCUT2D eigenvalue weighted by atomic mass is 19.1. The molecule has 1 aliphatic carbocycles.